The van der Waals surface area contributed by atoms with Gasteiger partial charge in [0.1, 0.15) is 11.4 Å². The molecule has 1 aromatic carbocycles. The van der Waals surface area contributed by atoms with E-state index in [1.54, 1.807) is 48.2 Å². The molecule has 1 N–H and O–H groups in total. The maximum absolute atomic E-state index is 12.3. The van der Waals surface area contributed by atoms with Gasteiger partial charge in [0.2, 0.25) is 0 Å². The summed E-state index contributed by atoms with van der Waals surface area (Å²) in [6, 6.07) is 6.78. The standard InChI is InChI=1S/C14H17N3O2/c1-10(11-4-6-12(18)7-5-11)17(3)14(19)13-8-15-9-16(13)2/h4-10,18H,1-3H3. The average molecular weight is 259 g/mol. The van der Waals surface area contributed by atoms with Gasteiger partial charge in [0.15, 0.2) is 0 Å². The number of phenols is 1. The molecule has 0 radical (unpaired) electrons. The third-order valence-corrected chi connectivity index (χ3v) is 3.31. The Hall–Kier alpha value is -2.30. The van der Waals surface area contributed by atoms with Crippen LogP contribution in [0.5, 0.6) is 5.75 Å². The molecule has 2 rings (SSSR count). The van der Waals surface area contributed by atoms with Crippen molar-refractivity contribution >= 4 is 5.91 Å². The first-order valence-electron chi connectivity index (χ1n) is 6.03. The second-order valence-electron chi connectivity index (χ2n) is 4.57. The third-order valence-electron chi connectivity index (χ3n) is 3.31. The van der Waals surface area contributed by atoms with Crippen LogP contribution in [0.4, 0.5) is 0 Å². The highest BCUT2D eigenvalue weighted by atomic mass is 16.3. The molecule has 0 saturated heterocycles. The lowest BCUT2D eigenvalue weighted by Gasteiger charge is -2.25. The zero-order chi connectivity index (χ0) is 14.0. The summed E-state index contributed by atoms with van der Waals surface area (Å²) in [5.74, 6) is 0.136. The summed E-state index contributed by atoms with van der Waals surface area (Å²) in [5, 5.41) is 9.28. The summed E-state index contributed by atoms with van der Waals surface area (Å²) in [6.45, 7) is 1.95. The molecule has 5 nitrogen and oxygen atoms in total. The minimum atomic E-state index is -0.0828. The van der Waals surface area contributed by atoms with Crippen molar-refractivity contribution in [2.75, 3.05) is 7.05 Å². The molecular weight excluding hydrogens is 242 g/mol. The van der Waals surface area contributed by atoms with Gasteiger partial charge in [0, 0.05) is 14.1 Å². The van der Waals surface area contributed by atoms with E-state index >= 15 is 0 Å². The van der Waals surface area contributed by atoms with Gasteiger partial charge >= 0.3 is 0 Å². The van der Waals surface area contributed by atoms with E-state index in [9.17, 15) is 9.90 Å². The Morgan fingerprint density at radius 3 is 2.53 bits per heavy atom. The Balaban J connectivity index is 2.19. The molecule has 0 saturated carbocycles. The predicted octanol–water partition coefficient (Wildman–Crippen LogP) is 1.96. The number of amides is 1. The van der Waals surface area contributed by atoms with Crippen molar-refractivity contribution in [3.8, 4) is 5.75 Å². The third kappa shape index (κ3) is 2.59. The number of rotatable bonds is 3. The highest BCUT2D eigenvalue weighted by molar-refractivity contribution is 5.92. The number of hydrogen-bond donors (Lipinski definition) is 1. The molecular formula is C14H17N3O2. The van der Waals surface area contributed by atoms with Crippen LogP contribution in [0, 0.1) is 0 Å². The van der Waals surface area contributed by atoms with E-state index in [0.29, 0.717) is 5.69 Å². The van der Waals surface area contributed by atoms with E-state index in [-0.39, 0.29) is 17.7 Å². The van der Waals surface area contributed by atoms with E-state index < -0.39 is 0 Å². The molecule has 19 heavy (non-hydrogen) atoms. The summed E-state index contributed by atoms with van der Waals surface area (Å²) >= 11 is 0. The lowest BCUT2D eigenvalue weighted by atomic mass is 10.1. The van der Waals surface area contributed by atoms with Crippen molar-refractivity contribution in [3.63, 3.8) is 0 Å². The fraction of sp³-hybridized carbons (Fsp3) is 0.286. The van der Waals surface area contributed by atoms with Crippen molar-refractivity contribution in [1.29, 1.82) is 0 Å². The number of aryl methyl sites for hydroxylation is 1. The van der Waals surface area contributed by atoms with E-state index in [2.05, 4.69) is 4.98 Å². The number of aromatic nitrogens is 2. The Labute approximate surface area is 112 Å². The fourth-order valence-electron chi connectivity index (χ4n) is 1.90. The molecule has 0 spiro atoms. The number of nitrogens with zero attached hydrogens (tertiary/aromatic N) is 3. The van der Waals surface area contributed by atoms with Gasteiger partial charge in [-0.3, -0.25) is 4.79 Å². The summed E-state index contributed by atoms with van der Waals surface area (Å²) in [4.78, 5) is 17.9. The van der Waals surface area contributed by atoms with E-state index in [1.807, 2.05) is 19.1 Å². The predicted molar refractivity (Wildman–Crippen MR) is 71.8 cm³/mol. The summed E-state index contributed by atoms with van der Waals surface area (Å²) in [5.41, 5.74) is 1.52. The van der Waals surface area contributed by atoms with Gasteiger partial charge in [-0.15, -0.1) is 0 Å². The molecule has 0 fully saturated rings. The minimum absolute atomic E-state index is 0.0806. The molecule has 1 aromatic heterocycles. The van der Waals surface area contributed by atoms with Crippen LogP contribution in [-0.2, 0) is 7.05 Å². The number of phenolic OH excluding ortho intramolecular Hbond substituents is 1. The number of carbonyl (C=O) groups is 1. The first kappa shape index (κ1) is 13.1. The lowest BCUT2D eigenvalue weighted by molar-refractivity contribution is 0.0733. The number of hydrogen-bond acceptors (Lipinski definition) is 3. The zero-order valence-corrected chi connectivity index (χ0v) is 11.2. The van der Waals surface area contributed by atoms with E-state index in [0.717, 1.165) is 5.56 Å². The normalized spacial score (nSPS) is 12.2. The number of imidazole rings is 1. The molecule has 100 valence electrons. The van der Waals surface area contributed by atoms with Crippen molar-refractivity contribution < 1.29 is 9.90 Å². The Morgan fingerprint density at radius 2 is 2.00 bits per heavy atom. The SMILES string of the molecule is CC(c1ccc(O)cc1)N(C)C(=O)c1cncn1C. The molecule has 0 aliphatic carbocycles. The summed E-state index contributed by atoms with van der Waals surface area (Å²) in [6.07, 6.45) is 3.16. The molecule has 1 unspecified atom stereocenters. The maximum atomic E-state index is 12.3. The van der Waals surface area contributed by atoms with Gasteiger partial charge < -0.3 is 14.6 Å². The zero-order valence-electron chi connectivity index (χ0n) is 11.2. The minimum Gasteiger partial charge on any atom is -0.508 e. The molecule has 1 atom stereocenters. The second-order valence-corrected chi connectivity index (χ2v) is 4.57. The number of benzene rings is 1. The smallest absolute Gasteiger partial charge is 0.272 e. The van der Waals surface area contributed by atoms with Crippen LogP contribution < -0.4 is 0 Å². The van der Waals surface area contributed by atoms with Gasteiger partial charge in [-0.1, -0.05) is 12.1 Å². The quantitative estimate of drug-likeness (QED) is 0.916. The molecule has 5 heteroatoms. The molecule has 0 aliphatic heterocycles. The summed E-state index contributed by atoms with van der Waals surface area (Å²) in [7, 11) is 3.55. The highest BCUT2D eigenvalue weighted by Gasteiger charge is 2.20. The maximum Gasteiger partial charge on any atom is 0.272 e. The van der Waals surface area contributed by atoms with Crippen LogP contribution in [0.25, 0.3) is 0 Å². The number of aromatic hydroxyl groups is 1. The molecule has 1 heterocycles. The van der Waals surface area contributed by atoms with E-state index in [4.69, 9.17) is 0 Å². The van der Waals surface area contributed by atoms with Crippen LogP contribution in [0.3, 0.4) is 0 Å². The Kier molecular flexibility index (Phi) is 3.55. The molecule has 2 aromatic rings. The summed E-state index contributed by atoms with van der Waals surface area (Å²) < 4.78 is 1.70. The monoisotopic (exact) mass is 259 g/mol. The Bertz CT molecular complexity index is 575. The van der Waals surface area contributed by atoms with Gasteiger partial charge in [-0.2, -0.15) is 0 Å². The first-order valence-corrected chi connectivity index (χ1v) is 6.03. The van der Waals surface area contributed by atoms with Crippen molar-refractivity contribution in [3.05, 3.63) is 48.0 Å². The molecule has 0 aliphatic rings. The van der Waals surface area contributed by atoms with Crippen LogP contribution >= 0.6 is 0 Å². The Morgan fingerprint density at radius 1 is 1.37 bits per heavy atom. The van der Waals surface area contributed by atoms with Gasteiger partial charge in [0.25, 0.3) is 5.91 Å². The van der Waals surface area contributed by atoms with Crippen LogP contribution in [-0.4, -0.2) is 32.5 Å². The van der Waals surface area contributed by atoms with Crippen LogP contribution in [0.1, 0.15) is 29.0 Å². The molecule has 0 bridgehead atoms. The first-order chi connectivity index (χ1) is 9.00. The fourth-order valence-corrected chi connectivity index (χ4v) is 1.90. The van der Waals surface area contributed by atoms with Crippen molar-refractivity contribution in [2.24, 2.45) is 7.05 Å². The van der Waals surface area contributed by atoms with Gasteiger partial charge in [0.05, 0.1) is 18.6 Å². The van der Waals surface area contributed by atoms with Crippen LogP contribution in [0.2, 0.25) is 0 Å². The van der Waals surface area contributed by atoms with Crippen molar-refractivity contribution in [2.45, 2.75) is 13.0 Å². The van der Waals surface area contributed by atoms with E-state index in [1.165, 1.54) is 0 Å². The number of carbonyl (C=O) groups excluding carboxylic acids is 1. The second kappa shape index (κ2) is 5.14. The highest BCUT2D eigenvalue weighted by Crippen LogP contribution is 2.22. The van der Waals surface area contributed by atoms with Gasteiger partial charge in [-0.25, -0.2) is 4.98 Å². The largest absolute Gasteiger partial charge is 0.508 e. The van der Waals surface area contributed by atoms with Crippen LogP contribution in [0.15, 0.2) is 36.8 Å². The topological polar surface area (TPSA) is 58.4 Å². The molecule has 1 amide bonds. The van der Waals surface area contributed by atoms with Gasteiger partial charge in [-0.05, 0) is 24.6 Å². The lowest BCUT2D eigenvalue weighted by Crippen LogP contribution is -2.30. The average Bonchev–Trinajstić information content (AvgIpc) is 2.83. The van der Waals surface area contributed by atoms with Crippen molar-refractivity contribution in [1.82, 2.24) is 14.5 Å².